The molecule has 0 aliphatic carbocycles. The van der Waals surface area contributed by atoms with Crippen molar-refractivity contribution in [2.24, 2.45) is 5.92 Å². The van der Waals surface area contributed by atoms with Gasteiger partial charge in [-0.2, -0.15) is 0 Å². The second kappa shape index (κ2) is 6.23. The highest BCUT2D eigenvalue weighted by atomic mass is 16.5. The van der Waals surface area contributed by atoms with Gasteiger partial charge in [-0.1, -0.05) is 13.2 Å². The first-order valence-corrected chi connectivity index (χ1v) is 5.83. The summed E-state index contributed by atoms with van der Waals surface area (Å²) in [7, 11) is 0. The average molecular weight is 237 g/mol. The van der Waals surface area contributed by atoms with Gasteiger partial charge in [-0.25, -0.2) is 4.79 Å². The lowest BCUT2D eigenvalue weighted by atomic mass is 9.92. The van der Waals surface area contributed by atoms with E-state index in [1.807, 2.05) is 6.92 Å². The van der Waals surface area contributed by atoms with Crippen LogP contribution in [0.3, 0.4) is 0 Å². The van der Waals surface area contributed by atoms with E-state index in [-0.39, 0.29) is 18.0 Å². The van der Waals surface area contributed by atoms with E-state index in [1.165, 1.54) is 12.2 Å². The standard InChI is InChI=1S/C13H19NO3/c1-4-12(15)14-8-6-11(7-9-14)10(3)17-13(16)5-2/h4-5,10-11H,1-2,6-9H2,3H3. The molecule has 1 unspecified atom stereocenters. The van der Waals surface area contributed by atoms with Crippen LogP contribution in [-0.4, -0.2) is 36.0 Å². The number of nitrogens with zero attached hydrogens (tertiary/aromatic N) is 1. The predicted molar refractivity (Wildman–Crippen MR) is 65.3 cm³/mol. The minimum Gasteiger partial charge on any atom is -0.459 e. The van der Waals surface area contributed by atoms with Crippen molar-refractivity contribution in [1.82, 2.24) is 4.90 Å². The zero-order chi connectivity index (χ0) is 12.8. The molecule has 1 heterocycles. The molecule has 4 nitrogen and oxygen atoms in total. The van der Waals surface area contributed by atoms with E-state index in [2.05, 4.69) is 13.2 Å². The number of amides is 1. The highest BCUT2D eigenvalue weighted by Crippen LogP contribution is 2.22. The molecule has 0 aromatic heterocycles. The molecule has 1 saturated heterocycles. The monoisotopic (exact) mass is 237 g/mol. The van der Waals surface area contributed by atoms with Crippen molar-refractivity contribution in [3.63, 3.8) is 0 Å². The maximum atomic E-state index is 11.4. The number of likely N-dealkylation sites (tertiary alicyclic amines) is 1. The van der Waals surface area contributed by atoms with Crippen LogP contribution in [0.1, 0.15) is 19.8 Å². The highest BCUT2D eigenvalue weighted by molar-refractivity contribution is 5.87. The Morgan fingerprint density at radius 1 is 1.29 bits per heavy atom. The zero-order valence-corrected chi connectivity index (χ0v) is 10.2. The Morgan fingerprint density at radius 3 is 2.35 bits per heavy atom. The molecule has 4 heteroatoms. The van der Waals surface area contributed by atoms with Crippen LogP contribution in [0.2, 0.25) is 0 Å². The fourth-order valence-corrected chi connectivity index (χ4v) is 2.05. The first-order chi connectivity index (χ1) is 8.08. The zero-order valence-electron chi connectivity index (χ0n) is 10.2. The summed E-state index contributed by atoms with van der Waals surface area (Å²) in [6.45, 7) is 10.1. The van der Waals surface area contributed by atoms with Gasteiger partial charge in [0.15, 0.2) is 0 Å². The summed E-state index contributed by atoms with van der Waals surface area (Å²) in [6, 6.07) is 0. The molecule has 0 radical (unpaired) electrons. The quantitative estimate of drug-likeness (QED) is 0.550. The van der Waals surface area contributed by atoms with Gasteiger partial charge in [0.2, 0.25) is 5.91 Å². The van der Waals surface area contributed by atoms with Crippen molar-refractivity contribution in [2.75, 3.05) is 13.1 Å². The molecule has 0 saturated carbocycles. The highest BCUT2D eigenvalue weighted by Gasteiger charge is 2.26. The fraction of sp³-hybridized carbons (Fsp3) is 0.538. The largest absolute Gasteiger partial charge is 0.459 e. The first-order valence-electron chi connectivity index (χ1n) is 5.83. The van der Waals surface area contributed by atoms with Gasteiger partial charge >= 0.3 is 5.97 Å². The first kappa shape index (κ1) is 13.5. The van der Waals surface area contributed by atoms with Gasteiger partial charge in [-0.3, -0.25) is 4.79 Å². The SMILES string of the molecule is C=CC(=O)OC(C)C1CCN(C(=O)C=C)CC1. The number of carbonyl (C=O) groups excluding carboxylic acids is 2. The van der Waals surface area contributed by atoms with Gasteiger partial charge in [-0.15, -0.1) is 0 Å². The Balaban J connectivity index is 2.40. The Morgan fingerprint density at radius 2 is 1.88 bits per heavy atom. The number of carbonyl (C=O) groups is 2. The number of hydrogen-bond donors (Lipinski definition) is 0. The van der Waals surface area contributed by atoms with E-state index < -0.39 is 0 Å². The second-order valence-corrected chi connectivity index (χ2v) is 4.21. The third-order valence-electron chi connectivity index (χ3n) is 3.16. The second-order valence-electron chi connectivity index (χ2n) is 4.21. The summed E-state index contributed by atoms with van der Waals surface area (Å²) in [5, 5.41) is 0. The number of piperidine rings is 1. The number of rotatable bonds is 4. The lowest BCUT2D eigenvalue weighted by Gasteiger charge is -2.33. The lowest BCUT2D eigenvalue weighted by Crippen LogP contribution is -2.40. The molecule has 1 fully saturated rings. The van der Waals surface area contributed by atoms with E-state index in [4.69, 9.17) is 4.74 Å². The maximum absolute atomic E-state index is 11.4. The van der Waals surface area contributed by atoms with E-state index in [1.54, 1.807) is 4.90 Å². The number of esters is 1. The molecule has 1 rings (SSSR count). The third-order valence-corrected chi connectivity index (χ3v) is 3.16. The van der Waals surface area contributed by atoms with Crippen LogP contribution in [-0.2, 0) is 14.3 Å². The van der Waals surface area contributed by atoms with Crippen LogP contribution in [0.25, 0.3) is 0 Å². The van der Waals surface area contributed by atoms with Crippen molar-refractivity contribution in [3.8, 4) is 0 Å². The summed E-state index contributed by atoms with van der Waals surface area (Å²) < 4.78 is 5.18. The number of ether oxygens (including phenoxy) is 1. The molecular formula is C13H19NO3. The smallest absolute Gasteiger partial charge is 0.330 e. The van der Waals surface area contributed by atoms with Crippen molar-refractivity contribution >= 4 is 11.9 Å². The third kappa shape index (κ3) is 3.73. The van der Waals surface area contributed by atoms with E-state index in [9.17, 15) is 9.59 Å². The summed E-state index contributed by atoms with van der Waals surface area (Å²) in [6.07, 6.45) is 4.09. The van der Waals surface area contributed by atoms with Gasteiger partial charge in [0.1, 0.15) is 6.10 Å². The Kier molecular flexibility index (Phi) is 4.94. The summed E-state index contributed by atoms with van der Waals surface area (Å²) in [5.74, 6) is -0.103. The molecule has 1 aliphatic rings. The molecule has 0 aromatic rings. The van der Waals surface area contributed by atoms with E-state index >= 15 is 0 Å². The maximum Gasteiger partial charge on any atom is 0.330 e. The van der Waals surface area contributed by atoms with Crippen LogP contribution in [0, 0.1) is 5.92 Å². The molecule has 17 heavy (non-hydrogen) atoms. The molecule has 0 bridgehead atoms. The van der Waals surface area contributed by atoms with Gasteiger partial charge in [-0.05, 0) is 31.8 Å². The summed E-state index contributed by atoms with van der Waals surface area (Å²) in [4.78, 5) is 24.2. The van der Waals surface area contributed by atoms with E-state index in [0.29, 0.717) is 19.0 Å². The van der Waals surface area contributed by atoms with Crippen LogP contribution < -0.4 is 0 Å². The average Bonchev–Trinajstić information content (AvgIpc) is 2.37. The van der Waals surface area contributed by atoms with Crippen LogP contribution in [0.15, 0.2) is 25.3 Å². The summed E-state index contributed by atoms with van der Waals surface area (Å²) >= 11 is 0. The Hall–Kier alpha value is -1.58. The van der Waals surface area contributed by atoms with Crippen molar-refractivity contribution < 1.29 is 14.3 Å². The molecule has 1 aliphatic heterocycles. The Bertz CT molecular complexity index is 317. The predicted octanol–water partition coefficient (Wildman–Crippen LogP) is 1.53. The number of hydrogen-bond acceptors (Lipinski definition) is 3. The van der Waals surface area contributed by atoms with Crippen LogP contribution in [0.4, 0.5) is 0 Å². The molecule has 1 atom stereocenters. The molecule has 1 amide bonds. The minimum absolute atomic E-state index is 0.0285. The van der Waals surface area contributed by atoms with E-state index in [0.717, 1.165) is 12.8 Å². The van der Waals surface area contributed by atoms with Gasteiger partial charge < -0.3 is 9.64 Å². The van der Waals surface area contributed by atoms with Crippen LogP contribution in [0.5, 0.6) is 0 Å². The molecule has 0 N–H and O–H groups in total. The summed E-state index contributed by atoms with van der Waals surface area (Å²) in [5.41, 5.74) is 0. The topological polar surface area (TPSA) is 46.6 Å². The molecule has 0 aromatic carbocycles. The van der Waals surface area contributed by atoms with Gasteiger partial charge in [0.05, 0.1) is 0 Å². The van der Waals surface area contributed by atoms with Gasteiger partial charge in [0, 0.05) is 19.2 Å². The fourth-order valence-electron chi connectivity index (χ4n) is 2.05. The van der Waals surface area contributed by atoms with Crippen LogP contribution >= 0.6 is 0 Å². The van der Waals surface area contributed by atoms with Crippen molar-refractivity contribution in [3.05, 3.63) is 25.3 Å². The van der Waals surface area contributed by atoms with Crippen molar-refractivity contribution in [1.29, 1.82) is 0 Å². The molecule has 94 valence electrons. The lowest BCUT2D eigenvalue weighted by molar-refractivity contribution is -0.146. The Labute approximate surface area is 102 Å². The van der Waals surface area contributed by atoms with Crippen molar-refractivity contribution in [2.45, 2.75) is 25.9 Å². The van der Waals surface area contributed by atoms with Gasteiger partial charge in [0.25, 0.3) is 0 Å². The molecule has 0 spiro atoms. The normalized spacial score (nSPS) is 18.3. The minimum atomic E-state index is -0.387. The molecular weight excluding hydrogens is 218 g/mol.